The van der Waals surface area contributed by atoms with Gasteiger partial charge in [0, 0.05) is 6.42 Å². The monoisotopic (exact) mass is 270 g/mol. The molecule has 0 aliphatic carbocycles. The van der Waals surface area contributed by atoms with Crippen LogP contribution in [0.4, 0.5) is 0 Å². The van der Waals surface area contributed by atoms with E-state index in [1.54, 1.807) is 13.8 Å². The van der Waals surface area contributed by atoms with Gasteiger partial charge in [-0.25, -0.2) is 0 Å². The molecule has 3 heteroatoms. The Balaban J connectivity index is 2.32. The van der Waals surface area contributed by atoms with E-state index in [0.717, 1.165) is 6.42 Å². The summed E-state index contributed by atoms with van der Waals surface area (Å²) in [5.74, 6) is -0.224. The number of rotatable bonds is 4. The molecule has 0 saturated carbocycles. The van der Waals surface area contributed by atoms with Gasteiger partial charge in [-0.3, -0.25) is 4.79 Å². The van der Waals surface area contributed by atoms with Gasteiger partial charge in [-0.15, -0.1) is 0 Å². The average Bonchev–Trinajstić information content (AvgIpc) is 2.18. The highest BCUT2D eigenvalue weighted by atomic mass is 79.9. The fourth-order valence-corrected chi connectivity index (χ4v) is 1.19. The van der Waals surface area contributed by atoms with Crippen molar-refractivity contribution in [2.75, 3.05) is 6.61 Å². The van der Waals surface area contributed by atoms with Crippen molar-refractivity contribution in [3.63, 3.8) is 0 Å². The van der Waals surface area contributed by atoms with Gasteiger partial charge in [0.05, 0.1) is 6.61 Å². The maximum atomic E-state index is 11.4. The lowest BCUT2D eigenvalue weighted by Crippen LogP contribution is -2.27. The minimum atomic E-state index is -0.594. The third kappa shape index (κ3) is 4.47. The number of alkyl halides is 1. The van der Waals surface area contributed by atoms with Gasteiger partial charge in [0.2, 0.25) is 0 Å². The number of hydrogen-bond donors (Lipinski definition) is 0. The predicted molar refractivity (Wildman–Crippen MR) is 64.1 cm³/mol. The van der Waals surface area contributed by atoms with Crippen LogP contribution in [0.2, 0.25) is 0 Å². The van der Waals surface area contributed by atoms with Crippen LogP contribution in [-0.4, -0.2) is 16.9 Å². The Bertz CT molecular complexity index is 314. The first-order chi connectivity index (χ1) is 7.00. The van der Waals surface area contributed by atoms with Crippen molar-refractivity contribution in [3.8, 4) is 0 Å². The van der Waals surface area contributed by atoms with Crippen LogP contribution in [-0.2, 0) is 16.0 Å². The highest BCUT2D eigenvalue weighted by Gasteiger charge is 2.24. The summed E-state index contributed by atoms with van der Waals surface area (Å²) in [5, 5.41) is 0. The lowest BCUT2D eigenvalue weighted by atomic mass is 10.2. The maximum Gasteiger partial charge on any atom is 0.322 e. The number of benzene rings is 1. The SMILES string of the molecule is CC(C)(Br)C(=O)OCCc1ccccc1. The molecular formula is C12H15BrO2. The van der Waals surface area contributed by atoms with Crippen molar-refractivity contribution in [2.45, 2.75) is 24.6 Å². The molecule has 15 heavy (non-hydrogen) atoms. The molecule has 0 aliphatic rings. The summed E-state index contributed by atoms with van der Waals surface area (Å²) in [4.78, 5) is 11.4. The second kappa shape index (κ2) is 5.31. The second-order valence-electron chi connectivity index (χ2n) is 3.84. The predicted octanol–water partition coefficient (Wildman–Crippen LogP) is 2.95. The molecule has 1 aromatic carbocycles. The van der Waals surface area contributed by atoms with E-state index in [2.05, 4.69) is 15.9 Å². The minimum absolute atomic E-state index is 0.224. The van der Waals surface area contributed by atoms with E-state index in [0.29, 0.717) is 6.61 Å². The molecule has 0 bridgehead atoms. The Kier molecular flexibility index (Phi) is 4.33. The van der Waals surface area contributed by atoms with Crippen LogP contribution >= 0.6 is 15.9 Å². The normalized spacial score (nSPS) is 11.1. The Morgan fingerprint density at radius 3 is 2.47 bits per heavy atom. The van der Waals surface area contributed by atoms with Crippen LogP contribution in [0.15, 0.2) is 30.3 Å². The maximum absolute atomic E-state index is 11.4. The number of ether oxygens (including phenoxy) is 1. The van der Waals surface area contributed by atoms with E-state index < -0.39 is 4.32 Å². The number of carbonyl (C=O) groups is 1. The van der Waals surface area contributed by atoms with Gasteiger partial charge in [-0.1, -0.05) is 46.3 Å². The summed E-state index contributed by atoms with van der Waals surface area (Å²) < 4.78 is 4.53. The molecule has 0 saturated heterocycles. The van der Waals surface area contributed by atoms with E-state index in [1.807, 2.05) is 30.3 Å². The lowest BCUT2D eigenvalue weighted by molar-refractivity contribution is -0.145. The number of carbonyl (C=O) groups excluding carboxylic acids is 1. The highest BCUT2D eigenvalue weighted by Crippen LogP contribution is 2.17. The summed E-state index contributed by atoms with van der Waals surface area (Å²) in [6.45, 7) is 3.98. The Morgan fingerprint density at radius 2 is 1.93 bits per heavy atom. The summed E-state index contributed by atoms with van der Waals surface area (Å²) in [5.41, 5.74) is 1.18. The van der Waals surface area contributed by atoms with Gasteiger partial charge in [0.25, 0.3) is 0 Å². The van der Waals surface area contributed by atoms with Crippen molar-refractivity contribution >= 4 is 21.9 Å². The average molecular weight is 271 g/mol. The summed E-state index contributed by atoms with van der Waals surface area (Å²) in [7, 11) is 0. The van der Waals surface area contributed by atoms with Crippen molar-refractivity contribution in [1.82, 2.24) is 0 Å². The first-order valence-corrected chi connectivity index (χ1v) is 5.69. The molecule has 0 atom stereocenters. The van der Waals surface area contributed by atoms with Gasteiger partial charge in [0.15, 0.2) is 0 Å². The second-order valence-corrected chi connectivity index (χ2v) is 5.83. The molecule has 1 aromatic rings. The van der Waals surface area contributed by atoms with Crippen LogP contribution in [0.5, 0.6) is 0 Å². The van der Waals surface area contributed by atoms with Crippen LogP contribution in [0, 0.1) is 0 Å². The molecule has 0 heterocycles. The van der Waals surface area contributed by atoms with E-state index in [4.69, 9.17) is 4.74 Å². The largest absolute Gasteiger partial charge is 0.464 e. The van der Waals surface area contributed by atoms with Gasteiger partial charge in [-0.05, 0) is 19.4 Å². The summed E-state index contributed by atoms with van der Waals surface area (Å²) >= 11 is 3.26. The number of esters is 1. The first kappa shape index (κ1) is 12.2. The van der Waals surface area contributed by atoms with Gasteiger partial charge in [-0.2, -0.15) is 0 Å². The van der Waals surface area contributed by atoms with Crippen LogP contribution < -0.4 is 0 Å². The molecule has 0 amide bonds. The van der Waals surface area contributed by atoms with Gasteiger partial charge < -0.3 is 4.74 Å². The summed E-state index contributed by atoms with van der Waals surface area (Å²) in [6.07, 6.45) is 0.760. The molecule has 0 spiro atoms. The Morgan fingerprint density at radius 1 is 1.33 bits per heavy atom. The van der Waals surface area contributed by atoms with E-state index in [-0.39, 0.29) is 5.97 Å². The van der Waals surface area contributed by atoms with Crippen molar-refractivity contribution in [2.24, 2.45) is 0 Å². The molecule has 0 N–H and O–H groups in total. The number of halogens is 1. The fraction of sp³-hybridized carbons (Fsp3) is 0.417. The van der Waals surface area contributed by atoms with E-state index >= 15 is 0 Å². The molecule has 0 aromatic heterocycles. The zero-order valence-electron chi connectivity index (χ0n) is 9.00. The topological polar surface area (TPSA) is 26.3 Å². The highest BCUT2D eigenvalue weighted by molar-refractivity contribution is 9.10. The number of hydrogen-bond acceptors (Lipinski definition) is 2. The van der Waals surface area contributed by atoms with Crippen molar-refractivity contribution in [3.05, 3.63) is 35.9 Å². The molecule has 82 valence electrons. The zero-order valence-corrected chi connectivity index (χ0v) is 10.6. The summed E-state index contributed by atoms with van der Waals surface area (Å²) in [6, 6.07) is 9.97. The standard InChI is InChI=1S/C12H15BrO2/c1-12(2,13)11(14)15-9-8-10-6-4-3-5-7-10/h3-7H,8-9H2,1-2H3. The van der Waals surface area contributed by atoms with Crippen molar-refractivity contribution < 1.29 is 9.53 Å². The first-order valence-electron chi connectivity index (χ1n) is 4.90. The molecule has 2 nitrogen and oxygen atoms in total. The molecule has 0 fully saturated rings. The van der Waals surface area contributed by atoms with Crippen LogP contribution in [0.3, 0.4) is 0 Å². The molecule has 0 radical (unpaired) electrons. The molecule has 1 rings (SSSR count). The molecular weight excluding hydrogens is 256 g/mol. The Labute approximate surface area is 98.8 Å². The van der Waals surface area contributed by atoms with Crippen LogP contribution in [0.1, 0.15) is 19.4 Å². The van der Waals surface area contributed by atoms with E-state index in [9.17, 15) is 4.79 Å². The minimum Gasteiger partial charge on any atom is -0.464 e. The zero-order chi connectivity index (χ0) is 11.3. The van der Waals surface area contributed by atoms with Crippen LogP contribution in [0.25, 0.3) is 0 Å². The van der Waals surface area contributed by atoms with Crippen molar-refractivity contribution in [1.29, 1.82) is 0 Å². The molecule has 0 aliphatic heterocycles. The van der Waals surface area contributed by atoms with Gasteiger partial charge >= 0.3 is 5.97 Å². The fourth-order valence-electron chi connectivity index (χ4n) is 1.08. The third-order valence-corrected chi connectivity index (χ3v) is 2.28. The quantitative estimate of drug-likeness (QED) is 0.621. The smallest absolute Gasteiger partial charge is 0.322 e. The van der Waals surface area contributed by atoms with Gasteiger partial charge in [0.1, 0.15) is 4.32 Å². The lowest BCUT2D eigenvalue weighted by Gasteiger charge is -2.14. The Hall–Kier alpha value is -0.830. The van der Waals surface area contributed by atoms with E-state index in [1.165, 1.54) is 5.56 Å². The molecule has 0 unspecified atom stereocenters. The third-order valence-electron chi connectivity index (χ3n) is 1.95.